The van der Waals surface area contributed by atoms with Crippen LogP contribution in [0.2, 0.25) is 0 Å². The molecule has 5 heteroatoms. The van der Waals surface area contributed by atoms with E-state index in [1.165, 1.54) is 0 Å². The van der Waals surface area contributed by atoms with E-state index in [0.29, 0.717) is 12.1 Å². The maximum atomic E-state index is 6.06. The number of benzene rings is 1. The Balaban J connectivity index is 2.07. The fourth-order valence-electron chi connectivity index (χ4n) is 3.02. The molecule has 2 unspecified atom stereocenters. The third-order valence-corrected chi connectivity index (χ3v) is 4.17. The van der Waals surface area contributed by atoms with Crippen LogP contribution in [0.3, 0.4) is 0 Å². The number of para-hydroxylation sites is 1. The van der Waals surface area contributed by atoms with Gasteiger partial charge in [0.1, 0.15) is 5.82 Å². The van der Waals surface area contributed by atoms with Crippen molar-refractivity contribution >= 4 is 22.7 Å². The quantitative estimate of drug-likeness (QED) is 0.914. The second kappa shape index (κ2) is 5.48. The van der Waals surface area contributed by atoms with E-state index in [2.05, 4.69) is 17.9 Å². The van der Waals surface area contributed by atoms with E-state index in [1.54, 1.807) is 0 Å². The van der Waals surface area contributed by atoms with Crippen molar-refractivity contribution in [3.05, 3.63) is 24.3 Å². The first-order chi connectivity index (χ1) is 10.1. The Hall–Kier alpha value is -1.88. The third kappa shape index (κ3) is 2.65. The minimum atomic E-state index is 0.296. The van der Waals surface area contributed by atoms with E-state index < -0.39 is 0 Å². The van der Waals surface area contributed by atoms with E-state index in [1.807, 2.05) is 37.2 Å². The fraction of sp³-hybridized carbons (Fsp3) is 0.500. The van der Waals surface area contributed by atoms with E-state index in [-0.39, 0.29) is 0 Å². The van der Waals surface area contributed by atoms with E-state index in [4.69, 9.17) is 15.7 Å². The molecule has 2 aromatic rings. The predicted molar refractivity (Wildman–Crippen MR) is 87.9 cm³/mol. The van der Waals surface area contributed by atoms with Crippen LogP contribution >= 0.6 is 0 Å². The summed E-state index contributed by atoms with van der Waals surface area (Å²) < 4.78 is 0. The van der Waals surface area contributed by atoms with Gasteiger partial charge in [-0.3, -0.25) is 0 Å². The van der Waals surface area contributed by atoms with Crippen LogP contribution in [0.4, 0.5) is 11.8 Å². The summed E-state index contributed by atoms with van der Waals surface area (Å²) in [5, 5.41) is 1.09. The van der Waals surface area contributed by atoms with Gasteiger partial charge in [-0.2, -0.15) is 4.98 Å². The molecule has 0 spiro atoms. The first kappa shape index (κ1) is 14.1. The highest BCUT2D eigenvalue weighted by molar-refractivity contribution is 5.90. The van der Waals surface area contributed by atoms with Crippen molar-refractivity contribution in [2.45, 2.75) is 31.8 Å². The van der Waals surface area contributed by atoms with Crippen LogP contribution in [-0.4, -0.2) is 42.7 Å². The second-order valence-corrected chi connectivity index (χ2v) is 6.09. The van der Waals surface area contributed by atoms with Gasteiger partial charge in [-0.15, -0.1) is 0 Å². The maximum absolute atomic E-state index is 6.06. The van der Waals surface area contributed by atoms with Crippen LogP contribution < -0.4 is 15.5 Å². The summed E-state index contributed by atoms with van der Waals surface area (Å²) in [7, 11) is 4.04. The predicted octanol–water partition coefficient (Wildman–Crippen LogP) is 2.01. The first-order valence-electron chi connectivity index (χ1n) is 7.52. The lowest BCUT2D eigenvalue weighted by atomic mass is 10.00. The van der Waals surface area contributed by atoms with E-state index in [0.717, 1.165) is 42.1 Å². The number of nitrogens with two attached hydrogens (primary N) is 1. The Morgan fingerprint density at radius 2 is 2.00 bits per heavy atom. The van der Waals surface area contributed by atoms with Crippen molar-refractivity contribution in [3.63, 3.8) is 0 Å². The molecule has 0 bridgehead atoms. The van der Waals surface area contributed by atoms with Crippen molar-refractivity contribution in [2.24, 2.45) is 5.73 Å². The van der Waals surface area contributed by atoms with Gasteiger partial charge < -0.3 is 15.5 Å². The van der Waals surface area contributed by atoms with Gasteiger partial charge in [0.25, 0.3) is 0 Å². The average Bonchev–Trinajstić information content (AvgIpc) is 2.46. The Morgan fingerprint density at radius 1 is 1.24 bits per heavy atom. The molecule has 2 atom stereocenters. The van der Waals surface area contributed by atoms with Crippen LogP contribution in [0.15, 0.2) is 24.3 Å². The zero-order valence-corrected chi connectivity index (χ0v) is 13.0. The molecule has 0 aliphatic carbocycles. The molecule has 2 heterocycles. The number of piperidine rings is 1. The van der Waals surface area contributed by atoms with E-state index >= 15 is 0 Å². The number of hydrogen-bond acceptors (Lipinski definition) is 5. The Labute approximate surface area is 125 Å². The number of hydrogen-bond donors (Lipinski definition) is 1. The minimum Gasteiger partial charge on any atom is -0.362 e. The van der Waals surface area contributed by atoms with Gasteiger partial charge >= 0.3 is 0 Å². The molecule has 5 nitrogen and oxygen atoms in total. The van der Waals surface area contributed by atoms with Crippen LogP contribution in [0, 0.1) is 0 Å². The largest absolute Gasteiger partial charge is 0.362 e. The molecule has 3 rings (SSSR count). The number of anilines is 2. The van der Waals surface area contributed by atoms with Crippen molar-refractivity contribution < 1.29 is 0 Å². The molecule has 1 saturated heterocycles. The normalized spacial score (nSPS) is 22.6. The zero-order valence-electron chi connectivity index (χ0n) is 13.0. The summed E-state index contributed by atoms with van der Waals surface area (Å²) >= 11 is 0. The molecular formula is C16H23N5. The lowest BCUT2D eigenvalue weighted by Gasteiger charge is -2.36. The molecule has 1 aliphatic rings. The molecule has 2 N–H and O–H groups in total. The molecule has 1 aromatic carbocycles. The summed E-state index contributed by atoms with van der Waals surface area (Å²) in [6.45, 7) is 3.13. The fourth-order valence-corrected chi connectivity index (χ4v) is 3.02. The monoisotopic (exact) mass is 285 g/mol. The summed E-state index contributed by atoms with van der Waals surface area (Å²) in [5.74, 6) is 1.79. The van der Waals surface area contributed by atoms with Crippen molar-refractivity contribution in [2.75, 3.05) is 30.4 Å². The summed E-state index contributed by atoms with van der Waals surface area (Å²) in [6, 6.07) is 8.85. The average molecular weight is 285 g/mol. The molecule has 1 fully saturated rings. The van der Waals surface area contributed by atoms with Crippen molar-refractivity contribution in [3.8, 4) is 0 Å². The third-order valence-electron chi connectivity index (χ3n) is 4.17. The molecule has 21 heavy (non-hydrogen) atoms. The number of fused-ring (bicyclic) bond motifs is 1. The van der Waals surface area contributed by atoms with Gasteiger partial charge in [0.2, 0.25) is 5.95 Å². The lowest BCUT2D eigenvalue weighted by molar-refractivity contribution is 0.425. The van der Waals surface area contributed by atoms with Crippen molar-refractivity contribution in [1.29, 1.82) is 0 Å². The first-order valence-corrected chi connectivity index (χ1v) is 7.52. The van der Waals surface area contributed by atoms with Crippen LogP contribution in [0.5, 0.6) is 0 Å². The van der Waals surface area contributed by atoms with Gasteiger partial charge in [0.15, 0.2) is 0 Å². The number of nitrogens with zero attached hydrogens (tertiary/aromatic N) is 4. The van der Waals surface area contributed by atoms with Gasteiger partial charge in [0.05, 0.1) is 5.52 Å². The van der Waals surface area contributed by atoms with Crippen LogP contribution in [0.25, 0.3) is 10.9 Å². The van der Waals surface area contributed by atoms with Gasteiger partial charge in [-0.05, 0) is 31.9 Å². The lowest BCUT2D eigenvalue weighted by Crippen LogP contribution is -2.46. The topological polar surface area (TPSA) is 58.3 Å². The van der Waals surface area contributed by atoms with Gasteiger partial charge in [-0.1, -0.05) is 12.1 Å². The van der Waals surface area contributed by atoms with Crippen molar-refractivity contribution in [1.82, 2.24) is 9.97 Å². The number of aromatic nitrogens is 2. The molecule has 1 aliphatic heterocycles. The molecule has 0 radical (unpaired) electrons. The highest BCUT2D eigenvalue weighted by Gasteiger charge is 2.26. The number of rotatable bonds is 2. The molecule has 112 valence electrons. The summed E-state index contributed by atoms with van der Waals surface area (Å²) in [6.07, 6.45) is 1.99. The highest BCUT2D eigenvalue weighted by atomic mass is 15.3. The van der Waals surface area contributed by atoms with Crippen LogP contribution in [-0.2, 0) is 0 Å². The zero-order chi connectivity index (χ0) is 15.0. The van der Waals surface area contributed by atoms with Gasteiger partial charge in [-0.25, -0.2) is 4.98 Å². The Bertz CT molecular complexity index is 640. The van der Waals surface area contributed by atoms with E-state index in [9.17, 15) is 0 Å². The Kier molecular flexibility index (Phi) is 3.68. The molecular weight excluding hydrogens is 262 g/mol. The van der Waals surface area contributed by atoms with Crippen LogP contribution in [0.1, 0.15) is 19.8 Å². The summed E-state index contributed by atoms with van der Waals surface area (Å²) in [5.41, 5.74) is 7.05. The second-order valence-electron chi connectivity index (χ2n) is 6.09. The standard InChI is InChI=1S/C16H23N5/c1-11-10-12(17)8-9-21(11)16-18-14-7-5-4-6-13(14)15(19-16)20(2)3/h4-7,11-12H,8-10,17H2,1-3H3. The van der Waals surface area contributed by atoms with Gasteiger partial charge in [0, 0.05) is 38.1 Å². The highest BCUT2D eigenvalue weighted by Crippen LogP contribution is 2.28. The molecule has 1 aromatic heterocycles. The smallest absolute Gasteiger partial charge is 0.228 e. The Morgan fingerprint density at radius 3 is 2.71 bits per heavy atom. The maximum Gasteiger partial charge on any atom is 0.228 e. The molecule has 0 amide bonds. The molecule has 0 saturated carbocycles. The minimum absolute atomic E-state index is 0.296. The SMILES string of the molecule is CC1CC(N)CCN1c1nc(N(C)C)c2ccccc2n1. The summed E-state index contributed by atoms with van der Waals surface area (Å²) in [4.78, 5) is 13.9.